The maximum Gasteiger partial charge on any atom is 0.244 e. The van der Waals surface area contributed by atoms with Crippen molar-refractivity contribution in [2.45, 2.75) is 33.2 Å². The second-order valence-electron chi connectivity index (χ2n) is 7.68. The number of ether oxygens (including phenoxy) is 3. The first-order valence-electron chi connectivity index (χ1n) is 11.3. The maximum atomic E-state index is 12.5. The van der Waals surface area contributed by atoms with Gasteiger partial charge in [0.05, 0.1) is 32.5 Å². The van der Waals surface area contributed by atoms with Crippen LogP contribution in [0.5, 0.6) is 11.5 Å². The normalized spacial score (nSPS) is 15.6. The molecule has 174 valence electrons. The van der Waals surface area contributed by atoms with Crippen LogP contribution < -0.4 is 14.8 Å². The number of carbonyl (C=O) groups is 1. The molecule has 1 amide bonds. The first-order chi connectivity index (χ1) is 15.6. The molecule has 32 heavy (non-hydrogen) atoms. The molecule has 3 rings (SSSR count). The Hall–Kier alpha value is -2.77. The van der Waals surface area contributed by atoms with Crippen molar-refractivity contribution in [2.24, 2.45) is 0 Å². The van der Waals surface area contributed by atoms with Gasteiger partial charge in [-0.3, -0.25) is 9.69 Å². The number of benzene rings is 1. The molecule has 1 aliphatic rings. The Labute approximate surface area is 190 Å². The van der Waals surface area contributed by atoms with E-state index >= 15 is 0 Å². The zero-order chi connectivity index (χ0) is 22.8. The summed E-state index contributed by atoms with van der Waals surface area (Å²) in [6.45, 7) is 10.6. The fourth-order valence-electron chi connectivity index (χ4n) is 3.59. The van der Waals surface area contributed by atoms with Crippen molar-refractivity contribution >= 4 is 12.0 Å². The Balaban J connectivity index is 1.62. The monoisotopic (exact) mass is 442 g/mol. The Bertz CT molecular complexity index is 886. The van der Waals surface area contributed by atoms with Crippen LogP contribution in [-0.2, 0) is 9.53 Å². The topological polar surface area (TPSA) is 73.2 Å². The second-order valence-corrected chi connectivity index (χ2v) is 7.68. The van der Waals surface area contributed by atoms with Crippen molar-refractivity contribution in [2.75, 3.05) is 46.1 Å². The van der Waals surface area contributed by atoms with E-state index in [2.05, 4.69) is 17.1 Å². The van der Waals surface area contributed by atoms with Crippen molar-refractivity contribution in [1.29, 1.82) is 0 Å². The van der Waals surface area contributed by atoms with Crippen molar-refractivity contribution < 1.29 is 23.4 Å². The number of carbonyl (C=O) groups excluding carboxylic acids is 1. The van der Waals surface area contributed by atoms with E-state index in [4.69, 9.17) is 18.6 Å². The molecule has 2 heterocycles. The summed E-state index contributed by atoms with van der Waals surface area (Å²) in [6.07, 6.45) is 4.25. The minimum Gasteiger partial charge on any atom is -0.490 e. The molecule has 1 fully saturated rings. The molecule has 7 heteroatoms. The molecule has 1 aliphatic heterocycles. The van der Waals surface area contributed by atoms with Gasteiger partial charge >= 0.3 is 0 Å². The third-order valence-corrected chi connectivity index (χ3v) is 5.20. The van der Waals surface area contributed by atoms with E-state index in [9.17, 15) is 4.79 Å². The molecular weight excluding hydrogens is 408 g/mol. The lowest BCUT2D eigenvalue weighted by molar-refractivity contribution is -0.116. The van der Waals surface area contributed by atoms with Crippen molar-refractivity contribution in [3.05, 3.63) is 53.5 Å². The van der Waals surface area contributed by atoms with E-state index in [1.807, 2.05) is 44.2 Å². The van der Waals surface area contributed by atoms with Crippen LogP contribution in [0.2, 0.25) is 0 Å². The van der Waals surface area contributed by atoms with Crippen LogP contribution in [-0.4, -0.2) is 56.9 Å². The van der Waals surface area contributed by atoms with E-state index < -0.39 is 0 Å². The number of amides is 1. The summed E-state index contributed by atoms with van der Waals surface area (Å²) >= 11 is 0. The average Bonchev–Trinajstić information content (AvgIpc) is 3.24. The van der Waals surface area contributed by atoms with Gasteiger partial charge in [0.25, 0.3) is 0 Å². The van der Waals surface area contributed by atoms with E-state index in [1.165, 1.54) is 0 Å². The molecule has 0 saturated carbocycles. The number of furan rings is 1. The summed E-state index contributed by atoms with van der Waals surface area (Å²) in [5, 5.41) is 3.01. The Kier molecular flexibility index (Phi) is 9.19. The average molecular weight is 443 g/mol. The first-order valence-corrected chi connectivity index (χ1v) is 11.3. The molecular formula is C25H34N2O5. The molecule has 1 saturated heterocycles. The summed E-state index contributed by atoms with van der Waals surface area (Å²) < 4.78 is 22.8. The number of rotatable bonds is 11. The Morgan fingerprint density at radius 3 is 2.66 bits per heavy atom. The standard InChI is InChI=1S/C25H34N2O5/c1-4-14-31-23-10-7-20(17-24(23)30-5-2)8-11-25(28)26-18-21(22-9-6-19(3)32-22)27-12-15-29-16-13-27/h6-11,17,21H,4-5,12-16,18H2,1-3H3,(H,26,28)/b11-8+. The van der Waals surface area contributed by atoms with Gasteiger partial charge in [-0.05, 0) is 56.2 Å². The maximum absolute atomic E-state index is 12.5. The molecule has 0 radical (unpaired) electrons. The smallest absolute Gasteiger partial charge is 0.244 e. The highest BCUT2D eigenvalue weighted by molar-refractivity contribution is 5.91. The van der Waals surface area contributed by atoms with E-state index in [1.54, 1.807) is 12.2 Å². The molecule has 1 aromatic heterocycles. The molecule has 1 aromatic carbocycles. The lowest BCUT2D eigenvalue weighted by Gasteiger charge is -2.33. The van der Waals surface area contributed by atoms with Crippen molar-refractivity contribution in [3.8, 4) is 11.5 Å². The summed E-state index contributed by atoms with van der Waals surface area (Å²) in [7, 11) is 0. The molecule has 1 atom stereocenters. The van der Waals surface area contributed by atoms with Crippen LogP contribution in [0.4, 0.5) is 0 Å². The number of nitrogens with zero attached hydrogens (tertiary/aromatic N) is 1. The van der Waals surface area contributed by atoms with Crippen LogP contribution in [0, 0.1) is 6.92 Å². The number of morpholine rings is 1. The van der Waals surface area contributed by atoms with E-state index in [0.29, 0.717) is 38.7 Å². The predicted octanol–water partition coefficient (Wildman–Crippen LogP) is 3.98. The van der Waals surface area contributed by atoms with Gasteiger partial charge in [-0.15, -0.1) is 0 Å². The van der Waals surface area contributed by atoms with Gasteiger partial charge in [0.2, 0.25) is 5.91 Å². The van der Waals surface area contributed by atoms with Crippen LogP contribution in [0.15, 0.2) is 40.8 Å². The minimum absolute atomic E-state index is 0.0236. The Morgan fingerprint density at radius 2 is 1.97 bits per heavy atom. The van der Waals surface area contributed by atoms with Crippen LogP contribution in [0.3, 0.4) is 0 Å². The number of aryl methyl sites for hydroxylation is 1. The van der Waals surface area contributed by atoms with Crippen molar-refractivity contribution in [1.82, 2.24) is 10.2 Å². The fourth-order valence-corrected chi connectivity index (χ4v) is 3.59. The first kappa shape index (κ1) is 23.9. The van der Waals surface area contributed by atoms with Gasteiger partial charge in [0.15, 0.2) is 11.5 Å². The number of nitrogens with one attached hydrogen (secondary N) is 1. The van der Waals surface area contributed by atoms with Gasteiger partial charge in [0, 0.05) is 25.7 Å². The Morgan fingerprint density at radius 1 is 1.16 bits per heavy atom. The van der Waals surface area contributed by atoms with E-state index in [-0.39, 0.29) is 11.9 Å². The summed E-state index contributed by atoms with van der Waals surface area (Å²) in [5.41, 5.74) is 0.874. The predicted molar refractivity (Wildman–Crippen MR) is 124 cm³/mol. The lowest BCUT2D eigenvalue weighted by atomic mass is 10.1. The summed E-state index contributed by atoms with van der Waals surface area (Å²) in [6, 6.07) is 9.60. The SMILES string of the molecule is CCCOc1ccc(/C=C/C(=O)NCC(c2ccc(C)o2)N2CCOCC2)cc1OCC. The van der Waals surface area contributed by atoms with Crippen LogP contribution >= 0.6 is 0 Å². The highest BCUT2D eigenvalue weighted by atomic mass is 16.5. The molecule has 0 spiro atoms. The van der Waals surface area contributed by atoms with Gasteiger partial charge in [-0.1, -0.05) is 13.0 Å². The molecule has 2 aromatic rings. The van der Waals surface area contributed by atoms with Crippen LogP contribution in [0.1, 0.15) is 43.4 Å². The van der Waals surface area contributed by atoms with Gasteiger partial charge in [-0.2, -0.15) is 0 Å². The van der Waals surface area contributed by atoms with Crippen LogP contribution in [0.25, 0.3) is 6.08 Å². The zero-order valence-electron chi connectivity index (χ0n) is 19.3. The number of hydrogen-bond acceptors (Lipinski definition) is 6. The number of hydrogen-bond donors (Lipinski definition) is 1. The highest BCUT2D eigenvalue weighted by Crippen LogP contribution is 2.29. The molecule has 0 bridgehead atoms. The minimum atomic E-state index is -0.157. The quantitative estimate of drug-likeness (QED) is 0.531. The van der Waals surface area contributed by atoms with Gasteiger partial charge in [0.1, 0.15) is 11.5 Å². The third-order valence-electron chi connectivity index (χ3n) is 5.20. The van der Waals surface area contributed by atoms with Gasteiger partial charge < -0.3 is 23.9 Å². The second kappa shape index (κ2) is 12.3. The molecule has 7 nitrogen and oxygen atoms in total. The van der Waals surface area contributed by atoms with Crippen molar-refractivity contribution in [3.63, 3.8) is 0 Å². The van der Waals surface area contributed by atoms with E-state index in [0.717, 1.165) is 42.3 Å². The highest BCUT2D eigenvalue weighted by Gasteiger charge is 2.25. The van der Waals surface area contributed by atoms with Gasteiger partial charge in [-0.25, -0.2) is 0 Å². The lowest BCUT2D eigenvalue weighted by Crippen LogP contribution is -2.43. The molecule has 1 N–H and O–H groups in total. The zero-order valence-corrected chi connectivity index (χ0v) is 19.3. The largest absolute Gasteiger partial charge is 0.490 e. The molecule has 0 aliphatic carbocycles. The third kappa shape index (κ3) is 6.87. The summed E-state index contributed by atoms with van der Waals surface area (Å²) in [4.78, 5) is 14.8. The fraction of sp³-hybridized carbons (Fsp3) is 0.480. The molecule has 1 unspecified atom stereocenters. The summed E-state index contributed by atoms with van der Waals surface area (Å²) in [5.74, 6) is 2.97.